The van der Waals surface area contributed by atoms with Crippen LogP contribution in [-0.4, -0.2) is 84.9 Å². The first-order chi connectivity index (χ1) is 34.2. The summed E-state index contributed by atoms with van der Waals surface area (Å²) in [6.45, 7) is 7.75. The lowest BCUT2D eigenvalue weighted by Gasteiger charge is -2.35. The minimum Gasteiger partial charge on any atom is -0.504 e. The van der Waals surface area contributed by atoms with E-state index >= 15 is 0 Å². The summed E-state index contributed by atoms with van der Waals surface area (Å²) in [7, 11) is 0. The molecule has 1 aliphatic heterocycles. The first kappa shape index (κ1) is 54.5. The summed E-state index contributed by atoms with van der Waals surface area (Å²) in [5, 5.41) is 70.3. The number of carbonyl (C=O) groups excluding carboxylic acids is 4. The highest BCUT2D eigenvalue weighted by Gasteiger charge is 2.28. The molecule has 0 unspecified atom stereocenters. The number of benzene rings is 6. The van der Waals surface area contributed by atoms with Crippen LogP contribution in [0, 0.1) is 13.8 Å². The molecule has 372 valence electrons. The maximum absolute atomic E-state index is 12.3. The van der Waals surface area contributed by atoms with Crippen LogP contribution in [0.15, 0.2) is 146 Å². The predicted molar refractivity (Wildman–Crippen MR) is 279 cm³/mol. The van der Waals surface area contributed by atoms with Crippen molar-refractivity contribution in [3.05, 3.63) is 175 Å². The summed E-state index contributed by atoms with van der Waals surface area (Å²) >= 11 is 6.70. The van der Waals surface area contributed by atoms with Gasteiger partial charge in [-0.15, -0.1) is 0 Å². The van der Waals surface area contributed by atoms with Crippen LogP contribution in [0.4, 0.5) is 0 Å². The third kappa shape index (κ3) is 16.6. The molecule has 0 saturated carbocycles. The lowest BCUT2D eigenvalue weighted by Crippen LogP contribution is -2.44. The van der Waals surface area contributed by atoms with Crippen LogP contribution in [0.1, 0.15) is 63.1 Å². The quantitative estimate of drug-likeness (QED) is 0.0185. The van der Waals surface area contributed by atoms with Crippen LogP contribution in [0.25, 0.3) is 5.70 Å². The number of hydrogen-bond acceptors (Lipinski definition) is 15. The first-order valence-corrected chi connectivity index (χ1v) is 23.1. The summed E-state index contributed by atoms with van der Waals surface area (Å²) in [6.07, 6.45) is 6.07. The molecule has 1 heterocycles. The zero-order valence-electron chi connectivity index (χ0n) is 39.0. The molecule has 0 aromatic heterocycles. The number of phenols is 6. The summed E-state index contributed by atoms with van der Waals surface area (Å²) in [5.74, 6) is -3.24. The largest absolute Gasteiger partial charge is 0.504 e. The zero-order chi connectivity index (χ0) is 52.5. The molecular formula is C52H49Br2N7O11. The molecule has 3 amide bonds. The average molecular weight is 1110 g/mol. The summed E-state index contributed by atoms with van der Waals surface area (Å²) in [5.41, 5.74) is 13.3. The van der Waals surface area contributed by atoms with Gasteiger partial charge in [-0.3, -0.25) is 19.2 Å². The fourth-order valence-corrected chi connectivity index (χ4v) is 7.60. The molecule has 6 aromatic carbocycles. The Morgan fingerprint density at radius 2 is 1.17 bits per heavy atom. The number of fused-ring (bicyclic) bond motifs is 1. The summed E-state index contributed by atoms with van der Waals surface area (Å²) < 4.78 is 7.19. The van der Waals surface area contributed by atoms with E-state index in [0.29, 0.717) is 33.7 Å². The molecule has 0 aliphatic carbocycles. The lowest BCUT2D eigenvalue weighted by atomic mass is 9.85. The van der Waals surface area contributed by atoms with Gasteiger partial charge < -0.3 is 40.7 Å². The van der Waals surface area contributed by atoms with E-state index in [4.69, 9.17) is 9.84 Å². The molecule has 0 radical (unpaired) electrons. The molecular weight excluding hydrogens is 1060 g/mol. The van der Waals surface area contributed by atoms with Gasteiger partial charge in [0.25, 0.3) is 11.8 Å². The second kappa shape index (κ2) is 25.4. The van der Waals surface area contributed by atoms with Crippen LogP contribution < -0.4 is 26.3 Å². The molecule has 0 spiro atoms. The molecule has 0 saturated heterocycles. The molecule has 1 aliphatic rings. The fraction of sp³-hybridized carbons (Fsp3) is 0.135. The van der Waals surface area contributed by atoms with Crippen LogP contribution in [0.2, 0.25) is 0 Å². The Labute approximate surface area is 430 Å². The number of aryl methyl sites for hydroxylation is 2. The van der Waals surface area contributed by atoms with Crippen LogP contribution in [0.3, 0.4) is 0 Å². The van der Waals surface area contributed by atoms with Crippen molar-refractivity contribution in [3.63, 3.8) is 0 Å². The first-order valence-electron chi connectivity index (χ1n) is 21.5. The molecule has 72 heavy (non-hydrogen) atoms. The van der Waals surface area contributed by atoms with Crippen molar-refractivity contribution in [2.45, 2.75) is 39.7 Å². The van der Waals surface area contributed by atoms with Crippen molar-refractivity contribution >= 4 is 79.7 Å². The van der Waals surface area contributed by atoms with E-state index in [9.17, 15) is 44.7 Å². The second-order valence-electron chi connectivity index (χ2n) is 16.4. The van der Waals surface area contributed by atoms with Crippen molar-refractivity contribution in [2.75, 3.05) is 6.61 Å². The summed E-state index contributed by atoms with van der Waals surface area (Å²) in [4.78, 5) is 47.9. The van der Waals surface area contributed by atoms with Gasteiger partial charge >= 0.3 is 5.91 Å². The standard InChI is InChI=1S/C21H21N3O4.C17H17BrN2O4.C14H11BrN2O3/c1-21(2)11-14-5-3-4-6-15(14)16(23-21)10-19(27)20(28)24-22-12-13-7-8-17(25)18(26)9-13;1-10-5-11(2)17(13(18)6-10)24-9-16(23)20-19-8-12-3-4-14(21)15(22)7-12;15-11-4-2-10(3-5-11)14(20)17-16-8-9-1-6-12(18)13(19)7-9/h3-10,12,23,25-26H,11H2,1-2H3,(H,24,28);3-8,21-22H,9H2,1-2H3,(H,20,23);1-8,18-19H,(H,17,20)/b16-10-,22-12+;19-8+;16-8+. The monoisotopic (exact) mass is 1110 g/mol. The Balaban J connectivity index is 0.000000203. The Kier molecular flexibility index (Phi) is 19.2. The molecule has 20 heteroatoms. The van der Waals surface area contributed by atoms with Gasteiger partial charge in [-0.2, -0.15) is 15.3 Å². The van der Waals surface area contributed by atoms with Crippen molar-refractivity contribution < 1.29 is 54.6 Å². The number of hydrazone groups is 3. The molecule has 0 atom stereocenters. The lowest BCUT2D eigenvalue weighted by molar-refractivity contribution is -0.135. The van der Waals surface area contributed by atoms with Gasteiger partial charge in [0.15, 0.2) is 41.1 Å². The molecule has 10 N–H and O–H groups in total. The highest BCUT2D eigenvalue weighted by molar-refractivity contribution is 9.10. The number of ketones is 1. The number of phenolic OH excluding ortho intramolecular Hbond substituents is 6. The van der Waals surface area contributed by atoms with Gasteiger partial charge in [-0.1, -0.05) is 46.3 Å². The normalized spacial score (nSPS) is 12.9. The van der Waals surface area contributed by atoms with Crippen LogP contribution in [0.5, 0.6) is 40.2 Å². The number of amides is 3. The number of hydrogen-bond donors (Lipinski definition) is 10. The van der Waals surface area contributed by atoms with Crippen LogP contribution in [-0.2, 0) is 20.8 Å². The molecule has 7 rings (SSSR count). The SMILES string of the molecule is CC1(C)Cc2ccccc2/C(=C/C(=O)C(=O)N/N=C/c2ccc(O)c(O)c2)N1.Cc1cc(C)c(OCC(=O)N/N=C/c2ccc(O)c(O)c2)c(Br)c1.O=C(N/N=C/c1ccc(O)c(O)c1)c1ccc(Br)cc1. The van der Waals surface area contributed by atoms with Crippen molar-refractivity contribution in [1.82, 2.24) is 21.6 Å². The Bertz CT molecular complexity index is 3060. The minimum atomic E-state index is -0.880. The highest BCUT2D eigenvalue weighted by atomic mass is 79.9. The number of halogens is 2. The van der Waals surface area contributed by atoms with E-state index in [-0.39, 0.29) is 52.6 Å². The number of rotatable bonds is 12. The van der Waals surface area contributed by atoms with Gasteiger partial charge in [-0.25, -0.2) is 16.3 Å². The van der Waals surface area contributed by atoms with Gasteiger partial charge in [0.2, 0.25) is 5.78 Å². The van der Waals surface area contributed by atoms with Crippen LogP contribution >= 0.6 is 31.9 Å². The van der Waals surface area contributed by atoms with E-state index in [1.165, 1.54) is 67.2 Å². The highest BCUT2D eigenvalue weighted by Crippen LogP contribution is 2.31. The second-order valence-corrected chi connectivity index (χ2v) is 18.2. The molecule has 6 aromatic rings. The Morgan fingerprint density at radius 3 is 1.69 bits per heavy atom. The maximum Gasteiger partial charge on any atom is 0.311 e. The number of nitrogens with zero attached hydrogens (tertiary/aromatic N) is 3. The molecule has 18 nitrogen and oxygen atoms in total. The fourth-order valence-electron chi connectivity index (χ4n) is 6.55. The van der Waals surface area contributed by atoms with E-state index < -0.39 is 17.6 Å². The Hall–Kier alpha value is -8.49. The summed E-state index contributed by atoms with van der Waals surface area (Å²) in [6, 6.07) is 31.0. The number of carbonyl (C=O) groups is 4. The number of ether oxygens (including phenoxy) is 1. The minimum absolute atomic E-state index is 0.180. The van der Waals surface area contributed by atoms with Gasteiger partial charge in [0, 0.05) is 32.9 Å². The van der Waals surface area contributed by atoms with Crippen molar-refractivity contribution in [2.24, 2.45) is 15.3 Å². The van der Waals surface area contributed by atoms with E-state index in [1.807, 2.05) is 64.1 Å². The van der Waals surface area contributed by atoms with E-state index in [0.717, 1.165) is 37.6 Å². The third-order valence-electron chi connectivity index (χ3n) is 9.90. The smallest absolute Gasteiger partial charge is 0.311 e. The Morgan fingerprint density at radius 1 is 0.653 bits per heavy atom. The third-order valence-corrected chi connectivity index (χ3v) is 11.0. The number of aromatic hydroxyl groups is 6. The zero-order valence-corrected chi connectivity index (χ0v) is 42.2. The van der Waals surface area contributed by atoms with Crippen molar-refractivity contribution in [3.8, 4) is 40.2 Å². The van der Waals surface area contributed by atoms with Crippen molar-refractivity contribution in [1.29, 1.82) is 0 Å². The molecule has 0 fully saturated rings. The topological polar surface area (TPSA) is 284 Å². The van der Waals surface area contributed by atoms with Gasteiger partial charge in [-0.05, 0) is 168 Å². The number of nitrogens with one attached hydrogen (secondary N) is 4. The van der Waals surface area contributed by atoms with E-state index in [1.54, 1.807) is 36.4 Å². The predicted octanol–water partition coefficient (Wildman–Crippen LogP) is 7.71. The maximum atomic E-state index is 12.3. The average Bonchev–Trinajstić information content (AvgIpc) is 3.32. The van der Waals surface area contributed by atoms with Gasteiger partial charge in [0.05, 0.1) is 23.1 Å². The van der Waals surface area contributed by atoms with Gasteiger partial charge in [0.1, 0.15) is 5.75 Å². The van der Waals surface area contributed by atoms with E-state index in [2.05, 4.69) is 68.8 Å². The molecule has 0 bridgehead atoms.